The lowest BCUT2D eigenvalue weighted by atomic mass is 10.2. The van der Waals surface area contributed by atoms with Gasteiger partial charge in [-0.2, -0.15) is 0 Å². The van der Waals surface area contributed by atoms with Gasteiger partial charge in [-0.05, 0) is 18.4 Å². The largest absolute Gasteiger partial charge is 0.506 e. The van der Waals surface area contributed by atoms with Crippen molar-refractivity contribution in [2.24, 2.45) is 0 Å². The van der Waals surface area contributed by atoms with E-state index in [2.05, 4.69) is 15.9 Å². The smallest absolute Gasteiger partial charge is 0.135 e. The summed E-state index contributed by atoms with van der Waals surface area (Å²) >= 11 is 6.66. The number of halogens is 1. The van der Waals surface area contributed by atoms with E-state index in [-0.39, 0.29) is 0 Å². The van der Waals surface area contributed by atoms with Crippen LogP contribution in [0.15, 0.2) is 26.9 Å². The summed E-state index contributed by atoms with van der Waals surface area (Å²) in [4.78, 5) is 1.11. The van der Waals surface area contributed by atoms with Gasteiger partial charge in [0, 0.05) is 24.8 Å². The summed E-state index contributed by atoms with van der Waals surface area (Å²) in [5.74, 6) is 0.386. The van der Waals surface area contributed by atoms with E-state index in [1.54, 1.807) is 28.5 Å². The van der Waals surface area contributed by atoms with Gasteiger partial charge in [-0.25, -0.2) is 0 Å². The average Bonchev–Trinajstić information content (AvgIpc) is 2.46. The number of hydrogen-bond acceptors (Lipinski definition) is 3. The topological polar surface area (TPSA) is 20.2 Å². The van der Waals surface area contributed by atoms with E-state index in [0.29, 0.717) is 5.75 Å². The standard InChI is InChI=1S/C9H7BrOS2/c1-12-7-2-5(10)3-8-9(7)6(11)4-13-8/h2-4,11H,1H3. The van der Waals surface area contributed by atoms with Gasteiger partial charge in [-0.3, -0.25) is 0 Å². The van der Waals surface area contributed by atoms with Gasteiger partial charge in [0.1, 0.15) is 5.75 Å². The lowest BCUT2D eigenvalue weighted by Crippen LogP contribution is -1.73. The van der Waals surface area contributed by atoms with Crippen LogP contribution in [0, 0.1) is 0 Å². The van der Waals surface area contributed by atoms with Crippen molar-refractivity contribution in [2.75, 3.05) is 6.26 Å². The maximum atomic E-state index is 9.60. The molecular weight excluding hydrogens is 268 g/mol. The van der Waals surface area contributed by atoms with Crippen molar-refractivity contribution in [1.82, 2.24) is 0 Å². The molecule has 0 amide bonds. The lowest BCUT2D eigenvalue weighted by molar-refractivity contribution is 0.483. The zero-order chi connectivity index (χ0) is 9.42. The Morgan fingerprint density at radius 3 is 2.92 bits per heavy atom. The van der Waals surface area contributed by atoms with Crippen molar-refractivity contribution in [1.29, 1.82) is 0 Å². The zero-order valence-corrected chi connectivity index (χ0v) is 10.1. The molecule has 1 aromatic heterocycles. The first kappa shape index (κ1) is 9.37. The van der Waals surface area contributed by atoms with Crippen LogP contribution in [0.1, 0.15) is 0 Å². The molecule has 0 atom stereocenters. The van der Waals surface area contributed by atoms with Crippen molar-refractivity contribution in [3.05, 3.63) is 22.0 Å². The van der Waals surface area contributed by atoms with Crippen LogP contribution < -0.4 is 0 Å². The van der Waals surface area contributed by atoms with Gasteiger partial charge in [0.25, 0.3) is 0 Å². The van der Waals surface area contributed by atoms with Gasteiger partial charge in [0.2, 0.25) is 0 Å². The van der Waals surface area contributed by atoms with Crippen LogP contribution in [0.5, 0.6) is 5.75 Å². The van der Waals surface area contributed by atoms with E-state index < -0.39 is 0 Å². The Labute approximate surface area is 92.9 Å². The quantitative estimate of drug-likeness (QED) is 0.791. The van der Waals surface area contributed by atoms with Gasteiger partial charge in [-0.15, -0.1) is 23.1 Å². The summed E-state index contributed by atoms with van der Waals surface area (Å²) in [6.07, 6.45) is 2.01. The number of rotatable bonds is 1. The minimum Gasteiger partial charge on any atom is -0.506 e. The monoisotopic (exact) mass is 274 g/mol. The fourth-order valence-corrected chi connectivity index (χ4v) is 3.62. The molecule has 2 rings (SSSR count). The van der Waals surface area contributed by atoms with Crippen LogP contribution in [0.4, 0.5) is 0 Å². The highest BCUT2D eigenvalue weighted by atomic mass is 79.9. The van der Waals surface area contributed by atoms with E-state index in [9.17, 15) is 5.11 Å². The van der Waals surface area contributed by atoms with E-state index in [1.807, 2.05) is 18.4 Å². The number of aromatic hydroxyl groups is 1. The molecule has 1 N–H and O–H groups in total. The number of thiophene rings is 1. The molecule has 0 aliphatic rings. The maximum absolute atomic E-state index is 9.60. The van der Waals surface area contributed by atoms with E-state index in [0.717, 1.165) is 19.5 Å². The maximum Gasteiger partial charge on any atom is 0.135 e. The predicted octanol–water partition coefficient (Wildman–Crippen LogP) is 4.09. The van der Waals surface area contributed by atoms with Crippen LogP contribution in [0.3, 0.4) is 0 Å². The Bertz CT molecular complexity index is 450. The van der Waals surface area contributed by atoms with Gasteiger partial charge < -0.3 is 5.11 Å². The Morgan fingerprint density at radius 1 is 1.46 bits per heavy atom. The van der Waals surface area contributed by atoms with Crippen molar-refractivity contribution >= 4 is 49.1 Å². The third kappa shape index (κ3) is 1.58. The van der Waals surface area contributed by atoms with Crippen molar-refractivity contribution < 1.29 is 5.11 Å². The predicted molar refractivity (Wildman–Crippen MR) is 63.0 cm³/mol. The molecule has 0 bridgehead atoms. The van der Waals surface area contributed by atoms with Crippen LogP contribution in [0.25, 0.3) is 10.1 Å². The minimum absolute atomic E-state index is 0.386. The summed E-state index contributed by atoms with van der Waals surface area (Å²) in [7, 11) is 0. The molecule has 0 unspecified atom stereocenters. The van der Waals surface area contributed by atoms with Crippen LogP contribution in [-0.4, -0.2) is 11.4 Å². The third-order valence-corrected chi connectivity index (χ3v) is 3.94. The van der Waals surface area contributed by atoms with Gasteiger partial charge in [0.15, 0.2) is 0 Å². The molecule has 0 radical (unpaired) electrons. The molecule has 4 heteroatoms. The Morgan fingerprint density at radius 2 is 2.23 bits per heavy atom. The first-order chi connectivity index (χ1) is 6.22. The molecule has 1 nitrogen and oxygen atoms in total. The van der Waals surface area contributed by atoms with Crippen LogP contribution >= 0.6 is 39.0 Å². The normalized spacial score (nSPS) is 10.9. The lowest BCUT2D eigenvalue weighted by Gasteiger charge is -2.00. The van der Waals surface area contributed by atoms with E-state index >= 15 is 0 Å². The van der Waals surface area contributed by atoms with Gasteiger partial charge in [-0.1, -0.05) is 15.9 Å². The van der Waals surface area contributed by atoms with Crippen molar-refractivity contribution in [3.8, 4) is 5.75 Å². The molecule has 0 saturated heterocycles. The zero-order valence-electron chi connectivity index (χ0n) is 6.87. The number of hydrogen-bond donors (Lipinski definition) is 1. The van der Waals surface area contributed by atoms with Crippen LogP contribution in [-0.2, 0) is 0 Å². The second-order valence-corrected chi connectivity index (χ2v) is 5.28. The minimum atomic E-state index is 0.386. The van der Waals surface area contributed by atoms with Gasteiger partial charge in [0.05, 0.1) is 0 Å². The fraction of sp³-hybridized carbons (Fsp3) is 0.111. The molecular formula is C9H7BrOS2. The molecule has 0 spiro atoms. The molecule has 68 valence electrons. The Hall–Kier alpha value is -0.190. The highest BCUT2D eigenvalue weighted by molar-refractivity contribution is 9.10. The Balaban J connectivity index is 2.85. The molecule has 1 heterocycles. The molecule has 1 aromatic carbocycles. The van der Waals surface area contributed by atoms with Gasteiger partial charge >= 0.3 is 0 Å². The summed E-state index contributed by atoms with van der Waals surface area (Å²) in [5.41, 5.74) is 0. The third-order valence-electron chi connectivity index (χ3n) is 1.80. The average molecular weight is 275 g/mol. The fourth-order valence-electron chi connectivity index (χ4n) is 1.24. The summed E-state index contributed by atoms with van der Waals surface area (Å²) < 4.78 is 2.18. The van der Waals surface area contributed by atoms with E-state index in [4.69, 9.17) is 0 Å². The van der Waals surface area contributed by atoms with Crippen molar-refractivity contribution in [3.63, 3.8) is 0 Å². The molecule has 13 heavy (non-hydrogen) atoms. The first-order valence-electron chi connectivity index (χ1n) is 3.66. The number of benzene rings is 1. The molecule has 0 aliphatic carbocycles. The summed E-state index contributed by atoms with van der Waals surface area (Å²) in [6, 6.07) is 4.05. The highest BCUT2D eigenvalue weighted by Crippen LogP contribution is 2.39. The Kier molecular flexibility index (Phi) is 2.53. The van der Waals surface area contributed by atoms with Crippen LogP contribution in [0.2, 0.25) is 0 Å². The SMILES string of the molecule is CSc1cc(Br)cc2scc(O)c12. The second-order valence-electron chi connectivity index (χ2n) is 2.60. The second kappa shape index (κ2) is 3.52. The van der Waals surface area contributed by atoms with E-state index in [1.165, 1.54) is 0 Å². The molecule has 0 fully saturated rings. The summed E-state index contributed by atoms with van der Waals surface area (Å²) in [6.45, 7) is 0. The highest BCUT2D eigenvalue weighted by Gasteiger charge is 2.08. The number of fused-ring (bicyclic) bond motifs is 1. The summed E-state index contributed by atoms with van der Waals surface area (Å²) in [5, 5.41) is 12.3. The first-order valence-corrected chi connectivity index (χ1v) is 6.56. The van der Waals surface area contributed by atoms with Crippen molar-refractivity contribution in [2.45, 2.75) is 4.90 Å². The molecule has 2 aromatic rings. The number of thioether (sulfide) groups is 1. The molecule has 0 saturated carbocycles. The molecule has 0 aliphatic heterocycles.